The summed E-state index contributed by atoms with van der Waals surface area (Å²) in [6, 6.07) is 6.89. The summed E-state index contributed by atoms with van der Waals surface area (Å²) in [5.41, 5.74) is 1.42. The van der Waals surface area contributed by atoms with E-state index in [0.717, 1.165) is 5.56 Å². The molecule has 4 nitrogen and oxygen atoms in total. The summed E-state index contributed by atoms with van der Waals surface area (Å²) in [5, 5.41) is 12.4. The lowest BCUT2D eigenvalue weighted by atomic mass is 9.84. The largest absolute Gasteiger partial charge is 0.478 e. The molecule has 2 rings (SSSR count). The Labute approximate surface area is 109 Å². The first-order chi connectivity index (χ1) is 8.49. The standard InChI is InChI=1S/C13H12ClNO3/c1-7-12(13(17)18)10(6-11(16)15-7)8-2-4-9(14)5-3-8/h2-5,10H,6H2,1H3,(H,15,16)(H,17,18)/t10-/m0/s1. The van der Waals surface area contributed by atoms with Gasteiger partial charge in [0.05, 0.1) is 5.57 Å². The molecule has 1 aliphatic heterocycles. The number of hydrogen-bond acceptors (Lipinski definition) is 2. The highest BCUT2D eigenvalue weighted by atomic mass is 35.5. The number of carboxylic acid groups (broad SMARTS) is 1. The van der Waals surface area contributed by atoms with Crippen molar-refractivity contribution in [3.05, 3.63) is 46.1 Å². The molecule has 1 aromatic carbocycles. The van der Waals surface area contributed by atoms with Gasteiger partial charge in [0.2, 0.25) is 5.91 Å². The second kappa shape index (κ2) is 4.82. The van der Waals surface area contributed by atoms with Crippen molar-refractivity contribution in [3.8, 4) is 0 Å². The molecule has 0 radical (unpaired) electrons. The minimum absolute atomic E-state index is 0.139. The van der Waals surface area contributed by atoms with Crippen molar-refractivity contribution >= 4 is 23.5 Å². The Morgan fingerprint density at radius 1 is 1.39 bits per heavy atom. The molecule has 0 spiro atoms. The number of amides is 1. The second-order valence-electron chi connectivity index (χ2n) is 4.20. The van der Waals surface area contributed by atoms with E-state index in [9.17, 15) is 14.7 Å². The van der Waals surface area contributed by atoms with Crippen LogP contribution in [0.25, 0.3) is 0 Å². The van der Waals surface area contributed by atoms with Crippen molar-refractivity contribution in [1.82, 2.24) is 5.32 Å². The van der Waals surface area contributed by atoms with Gasteiger partial charge in [0.25, 0.3) is 0 Å². The van der Waals surface area contributed by atoms with Crippen LogP contribution >= 0.6 is 11.6 Å². The van der Waals surface area contributed by atoms with Crippen molar-refractivity contribution in [3.63, 3.8) is 0 Å². The number of aliphatic carboxylic acids is 1. The first-order valence-corrected chi connectivity index (χ1v) is 5.86. The average molecular weight is 266 g/mol. The van der Waals surface area contributed by atoms with Crippen LogP contribution in [-0.2, 0) is 9.59 Å². The van der Waals surface area contributed by atoms with Gasteiger partial charge in [-0.3, -0.25) is 4.79 Å². The van der Waals surface area contributed by atoms with Crippen LogP contribution in [0, 0.1) is 0 Å². The zero-order chi connectivity index (χ0) is 13.3. The van der Waals surface area contributed by atoms with Crippen LogP contribution in [0.1, 0.15) is 24.8 Å². The molecule has 2 N–H and O–H groups in total. The van der Waals surface area contributed by atoms with Crippen LogP contribution in [-0.4, -0.2) is 17.0 Å². The van der Waals surface area contributed by atoms with Crippen molar-refractivity contribution in [2.45, 2.75) is 19.3 Å². The Kier molecular flexibility index (Phi) is 3.39. The van der Waals surface area contributed by atoms with Crippen molar-refractivity contribution in [2.75, 3.05) is 0 Å². The van der Waals surface area contributed by atoms with Gasteiger partial charge in [-0.05, 0) is 24.6 Å². The molecule has 94 valence electrons. The lowest BCUT2D eigenvalue weighted by molar-refractivity contribution is -0.133. The van der Waals surface area contributed by atoms with Gasteiger partial charge in [-0.25, -0.2) is 4.79 Å². The highest BCUT2D eigenvalue weighted by Crippen LogP contribution is 2.33. The van der Waals surface area contributed by atoms with Crippen molar-refractivity contribution in [2.24, 2.45) is 0 Å². The number of allylic oxidation sites excluding steroid dienone is 1. The Hall–Kier alpha value is -1.81. The zero-order valence-corrected chi connectivity index (χ0v) is 10.5. The van der Waals surface area contributed by atoms with E-state index in [1.807, 2.05) is 0 Å². The van der Waals surface area contributed by atoms with Gasteiger partial charge in [0.15, 0.2) is 0 Å². The van der Waals surface area contributed by atoms with E-state index in [4.69, 9.17) is 11.6 Å². The molecule has 5 heteroatoms. The van der Waals surface area contributed by atoms with Crippen LogP contribution < -0.4 is 5.32 Å². The summed E-state index contributed by atoms with van der Waals surface area (Å²) in [6.07, 6.45) is 0.139. The molecule has 0 unspecified atom stereocenters. The molecule has 0 saturated heterocycles. The smallest absolute Gasteiger partial charge is 0.333 e. The molecule has 0 saturated carbocycles. The zero-order valence-electron chi connectivity index (χ0n) is 9.74. The number of nitrogens with one attached hydrogen (secondary N) is 1. The molecule has 1 aromatic rings. The lowest BCUT2D eigenvalue weighted by Gasteiger charge is -2.25. The number of hydrogen-bond donors (Lipinski definition) is 2. The Balaban J connectivity index is 2.46. The summed E-state index contributed by atoms with van der Waals surface area (Å²) in [7, 11) is 0. The molecule has 1 heterocycles. The van der Waals surface area contributed by atoms with E-state index in [2.05, 4.69) is 5.32 Å². The van der Waals surface area contributed by atoms with E-state index in [1.165, 1.54) is 0 Å². The summed E-state index contributed by atoms with van der Waals surface area (Å²) in [4.78, 5) is 22.8. The Morgan fingerprint density at radius 2 is 2.00 bits per heavy atom. The molecule has 18 heavy (non-hydrogen) atoms. The molecular weight excluding hydrogens is 254 g/mol. The monoisotopic (exact) mass is 265 g/mol. The van der Waals surface area contributed by atoms with Gasteiger partial charge in [0.1, 0.15) is 0 Å². The molecule has 1 atom stereocenters. The average Bonchev–Trinajstić information content (AvgIpc) is 2.28. The fourth-order valence-corrected chi connectivity index (χ4v) is 2.29. The van der Waals surface area contributed by atoms with Crippen LogP contribution in [0.15, 0.2) is 35.5 Å². The van der Waals surface area contributed by atoms with E-state index in [-0.39, 0.29) is 17.9 Å². The van der Waals surface area contributed by atoms with E-state index in [0.29, 0.717) is 10.7 Å². The maximum Gasteiger partial charge on any atom is 0.333 e. The normalized spacial score (nSPS) is 19.7. The molecular formula is C13H12ClNO3. The van der Waals surface area contributed by atoms with Gasteiger partial charge >= 0.3 is 5.97 Å². The molecule has 0 aliphatic carbocycles. The summed E-state index contributed by atoms with van der Waals surface area (Å²) < 4.78 is 0. The third-order valence-electron chi connectivity index (χ3n) is 2.97. The lowest BCUT2D eigenvalue weighted by Crippen LogP contribution is -2.33. The molecule has 0 bridgehead atoms. The van der Waals surface area contributed by atoms with Crippen molar-refractivity contribution < 1.29 is 14.7 Å². The maximum absolute atomic E-state index is 11.5. The van der Waals surface area contributed by atoms with E-state index < -0.39 is 11.9 Å². The number of carboxylic acids is 1. The van der Waals surface area contributed by atoms with Crippen LogP contribution in [0.2, 0.25) is 5.02 Å². The first kappa shape index (κ1) is 12.6. The van der Waals surface area contributed by atoms with Gasteiger partial charge in [-0.15, -0.1) is 0 Å². The Bertz CT molecular complexity index is 534. The van der Waals surface area contributed by atoms with Gasteiger partial charge in [-0.2, -0.15) is 0 Å². The minimum Gasteiger partial charge on any atom is -0.478 e. The predicted molar refractivity (Wildman–Crippen MR) is 67.3 cm³/mol. The van der Waals surface area contributed by atoms with E-state index >= 15 is 0 Å². The third kappa shape index (κ3) is 2.38. The number of rotatable bonds is 2. The quantitative estimate of drug-likeness (QED) is 0.862. The fourth-order valence-electron chi connectivity index (χ4n) is 2.17. The second-order valence-corrected chi connectivity index (χ2v) is 4.64. The number of halogens is 1. The van der Waals surface area contributed by atoms with Gasteiger partial charge in [-0.1, -0.05) is 23.7 Å². The predicted octanol–water partition coefficient (Wildman–Crippen LogP) is 2.30. The van der Waals surface area contributed by atoms with Crippen LogP contribution in [0.5, 0.6) is 0 Å². The van der Waals surface area contributed by atoms with Crippen molar-refractivity contribution in [1.29, 1.82) is 0 Å². The fraction of sp³-hybridized carbons (Fsp3) is 0.231. The molecule has 0 aromatic heterocycles. The number of benzene rings is 1. The highest BCUT2D eigenvalue weighted by molar-refractivity contribution is 6.30. The summed E-state index contributed by atoms with van der Waals surface area (Å²) in [5.74, 6) is -1.60. The number of carbonyl (C=O) groups excluding carboxylic acids is 1. The summed E-state index contributed by atoms with van der Waals surface area (Å²) >= 11 is 5.80. The minimum atomic E-state index is -1.01. The maximum atomic E-state index is 11.5. The van der Waals surface area contributed by atoms with Gasteiger partial charge < -0.3 is 10.4 Å². The molecule has 1 amide bonds. The van der Waals surface area contributed by atoms with Gasteiger partial charge in [0, 0.05) is 23.1 Å². The number of carbonyl (C=O) groups is 2. The first-order valence-electron chi connectivity index (χ1n) is 5.48. The third-order valence-corrected chi connectivity index (χ3v) is 3.22. The van der Waals surface area contributed by atoms with E-state index in [1.54, 1.807) is 31.2 Å². The topological polar surface area (TPSA) is 66.4 Å². The summed E-state index contributed by atoms with van der Waals surface area (Å²) in [6.45, 7) is 1.60. The van der Waals surface area contributed by atoms with Crippen LogP contribution in [0.4, 0.5) is 0 Å². The van der Waals surface area contributed by atoms with Crippen LogP contribution in [0.3, 0.4) is 0 Å². The Morgan fingerprint density at radius 3 is 2.56 bits per heavy atom. The molecule has 1 aliphatic rings. The SMILES string of the molecule is CC1=C(C(=O)O)[C@H](c2ccc(Cl)cc2)CC(=O)N1. The highest BCUT2D eigenvalue weighted by Gasteiger charge is 2.31. The molecule has 0 fully saturated rings.